The van der Waals surface area contributed by atoms with Crippen LogP contribution in [0.2, 0.25) is 0 Å². The monoisotopic (exact) mass is 298 g/mol. The Hall–Kier alpha value is -2.80. The quantitative estimate of drug-likeness (QED) is 0.773. The summed E-state index contributed by atoms with van der Waals surface area (Å²) in [5.74, 6) is -1.02. The Balaban J connectivity index is 1.90. The summed E-state index contributed by atoms with van der Waals surface area (Å²) in [6.07, 6.45) is 1.40. The van der Waals surface area contributed by atoms with Gasteiger partial charge in [-0.3, -0.25) is 14.6 Å². The second-order valence-electron chi connectivity index (χ2n) is 4.26. The van der Waals surface area contributed by atoms with Gasteiger partial charge in [0.1, 0.15) is 5.69 Å². The zero-order valence-corrected chi connectivity index (χ0v) is 11.6. The van der Waals surface area contributed by atoms with Crippen molar-refractivity contribution < 1.29 is 9.59 Å². The number of nitrogens with zero attached hydrogens (tertiary/aromatic N) is 2. The number of anilines is 1. The lowest BCUT2D eigenvalue weighted by Gasteiger charge is -2.05. The van der Waals surface area contributed by atoms with Gasteiger partial charge >= 0.3 is 0 Å². The number of amides is 2. The molecule has 0 fully saturated rings. The minimum absolute atomic E-state index is 0.176. The summed E-state index contributed by atoms with van der Waals surface area (Å²) in [5.41, 5.74) is 7.41. The molecule has 0 saturated heterocycles. The molecule has 1 aromatic carbocycles. The van der Waals surface area contributed by atoms with Gasteiger partial charge in [-0.15, -0.1) is 11.3 Å². The van der Waals surface area contributed by atoms with Crippen molar-refractivity contribution in [1.82, 2.24) is 9.97 Å². The van der Waals surface area contributed by atoms with Crippen molar-refractivity contribution in [2.24, 2.45) is 5.73 Å². The number of carbonyl (C=O) groups is 2. The van der Waals surface area contributed by atoms with Crippen LogP contribution in [-0.4, -0.2) is 21.8 Å². The highest BCUT2D eigenvalue weighted by atomic mass is 32.1. The summed E-state index contributed by atoms with van der Waals surface area (Å²) in [4.78, 5) is 31.8. The summed E-state index contributed by atoms with van der Waals surface area (Å²) < 4.78 is 0. The minimum atomic E-state index is -0.587. The summed E-state index contributed by atoms with van der Waals surface area (Å²) in [5, 5.41) is 5.85. The number of benzene rings is 1. The predicted octanol–water partition coefficient (Wildman–Crippen LogP) is 2.04. The molecule has 0 spiro atoms. The smallest absolute Gasteiger partial charge is 0.275 e. The third kappa shape index (κ3) is 2.59. The fraction of sp³-hybridized carbons (Fsp3) is 0. The van der Waals surface area contributed by atoms with Gasteiger partial charge in [0, 0.05) is 10.8 Å². The lowest BCUT2D eigenvalue weighted by Crippen LogP contribution is -2.18. The molecular formula is C14H10N4O2S. The van der Waals surface area contributed by atoms with Gasteiger partial charge in [-0.05, 0) is 12.1 Å². The first-order valence-electron chi connectivity index (χ1n) is 6.04. The Bertz CT molecular complexity index is 844. The number of para-hydroxylation sites is 2. The van der Waals surface area contributed by atoms with Gasteiger partial charge < -0.3 is 11.1 Å². The van der Waals surface area contributed by atoms with E-state index in [4.69, 9.17) is 5.73 Å². The molecule has 2 amide bonds. The number of fused-ring (bicyclic) bond motifs is 1. The Labute approximate surface area is 123 Å². The van der Waals surface area contributed by atoms with Crippen molar-refractivity contribution in [3.8, 4) is 0 Å². The number of carbonyl (C=O) groups excluding carboxylic acids is 2. The van der Waals surface area contributed by atoms with Gasteiger partial charge in [0.05, 0.1) is 28.5 Å². The predicted molar refractivity (Wildman–Crippen MR) is 80.3 cm³/mol. The molecule has 21 heavy (non-hydrogen) atoms. The third-order valence-corrected chi connectivity index (χ3v) is 3.60. The number of thiophene rings is 1. The van der Waals surface area contributed by atoms with E-state index in [-0.39, 0.29) is 11.3 Å². The van der Waals surface area contributed by atoms with Crippen LogP contribution in [0.5, 0.6) is 0 Å². The Morgan fingerprint density at radius 2 is 1.90 bits per heavy atom. The van der Waals surface area contributed by atoms with Crippen LogP contribution in [0.4, 0.5) is 5.69 Å². The molecule has 2 heterocycles. The van der Waals surface area contributed by atoms with E-state index < -0.39 is 11.8 Å². The first-order valence-corrected chi connectivity index (χ1v) is 6.98. The molecule has 6 nitrogen and oxygen atoms in total. The topological polar surface area (TPSA) is 98.0 Å². The Kier molecular flexibility index (Phi) is 3.33. The standard InChI is InChI=1S/C14H10N4O2S/c15-13(19)8-6-21-7-12(8)18-14(20)11-5-16-9-3-1-2-4-10(9)17-11/h1-7H,(H2,15,19)(H,18,20). The van der Waals surface area contributed by atoms with Crippen LogP contribution in [0.15, 0.2) is 41.2 Å². The summed E-state index contributed by atoms with van der Waals surface area (Å²) >= 11 is 1.28. The highest BCUT2D eigenvalue weighted by Crippen LogP contribution is 2.21. The van der Waals surface area contributed by atoms with Gasteiger partial charge in [0.15, 0.2) is 0 Å². The highest BCUT2D eigenvalue weighted by molar-refractivity contribution is 7.08. The van der Waals surface area contributed by atoms with E-state index in [2.05, 4.69) is 15.3 Å². The van der Waals surface area contributed by atoms with Gasteiger partial charge in [-0.1, -0.05) is 12.1 Å². The molecule has 3 N–H and O–H groups in total. The number of nitrogens with two attached hydrogens (primary N) is 1. The second kappa shape index (κ2) is 5.29. The van der Waals surface area contributed by atoms with E-state index in [9.17, 15) is 9.59 Å². The van der Waals surface area contributed by atoms with Crippen molar-refractivity contribution >= 4 is 39.9 Å². The maximum Gasteiger partial charge on any atom is 0.275 e. The first kappa shape index (κ1) is 13.2. The summed E-state index contributed by atoms with van der Waals surface area (Å²) in [6, 6.07) is 7.26. The van der Waals surface area contributed by atoms with Crippen LogP contribution in [-0.2, 0) is 0 Å². The van der Waals surface area contributed by atoms with Crippen LogP contribution in [0.1, 0.15) is 20.8 Å². The van der Waals surface area contributed by atoms with Gasteiger partial charge in [-0.2, -0.15) is 0 Å². The molecule has 0 atom stereocenters. The fourth-order valence-corrected chi connectivity index (χ4v) is 2.61. The number of hydrogen-bond acceptors (Lipinski definition) is 5. The average molecular weight is 298 g/mol. The van der Waals surface area contributed by atoms with Crippen LogP contribution in [0.25, 0.3) is 11.0 Å². The zero-order valence-electron chi connectivity index (χ0n) is 10.7. The third-order valence-electron chi connectivity index (χ3n) is 2.86. The van der Waals surface area contributed by atoms with Crippen LogP contribution in [0.3, 0.4) is 0 Å². The van der Waals surface area contributed by atoms with E-state index in [1.54, 1.807) is 16.8 Å². The summed E-state index contributed by atoms with van der Waals surface area (Å²) in [6.45, 7) is 0. The fourth-order valence-electron chi connectivity index (χ4n) is 1.84. The Morgan fingerprint density at radius 1 is 1.14 bits per heavy atom. The van der Waals surface area contributed by atoms with Crippen LogP contribution in [0, 0.1) is 0 Å². The molecule has 0 radical (unpaired) electrons. The number of aromatic nitrogens is 2. The van der Waals surface area contributed by atoms with Crippen molar-refractivity contribution in [3.05, 3.63) is 52.5 Å². The summed E-state index contributed by atoms with van der Waals surface area (Å²) in [7, 11) is 0. The first-order chi connectivity index (χ1) is 10.1. The van der Waals surface area contributed by atoms with Crippen molar-refractivity contribution in [2.75, 3.05) is 5.32 Å². The maximum absolute atomic E-state index is 12.2. The molecule has 0 aliphatic carbocycles. The van der Waals surface area contributed by atoms with Crippen molar-refractivity contribution in [1.29, 1.82) is 0 Å². The molecule has 0 aliphatic rings. The van der Waals surface area contributed by atoms with Gasteiger partial charge in [0.25, 0.3) is 11.8 Å². The highest BCUT2D eigenvalue weighted by Gasteiger charge is 2.14. The number of rotatable bonds is 3. The molecule has 0 unspecified atom stereocenters. The molecule has 2 aromatic heterocycles. The lowest BCUT2D eigenvalue weighted by atomic mass is 10.2. The SMILES string of the molecule is NC(=O)c1cscc1NC(=O)c1cnc2ccccc2n1. The zero-order chi connectivity index (χ0) is 14.8. The number of hydrogen-bond donors (Lipinski definition) is 2. The largest absolute Gasteiger partial charge is 0.366 e. The lowest BCUT2D eigenvalue weighted by molar-refractivity contribution is 0.100. The van der Waals surface area contributed by atoms with Crippen LogP contribution >= 0.6 is 11.3 Å². The molecule has 0 saturated carbocycles. The number of primary amides is 1. The van der Waals surface area contributed by atoms with E-state index in [0.29, 0.717) is 16.7 Å². The molecule has 7 heteroatoms. The van der Waals surface area contributed by atoms with E-state index in [1.807, 2.05) is 18.2 Å². The van der Waals surface area contributed by atoms with Crippen LogP contribution < -0.4 is 11.1 Å². The average Bonchev–Trinajstić information content (AvgIpc) is 2.95. The minimum Gasteiger partial charge on any atom is -0.366 e. The number of nitrogens with one attached hydrogen (secondary N) is 1. The molecule has 3 aromatic rings. The molecular weight excluding hydrogens is 288 g/mol. The van der Waals surface area contributed by atoms with Crippen molar-refractivity contribution in [2.45, 2.75) is 0 Å². The van der Waals surface area contributed by atoms with Gasteiger partial charge in [0.2, 0.25) is 0 Å². The molecule has 0 bridgehead atoms. The Morgan fingerprint density at radius 3 is 2.67 bits per heavy atom. The normalized spacial score (nSPS) is 10.5. The molecule has 0 aliphatic heterocycles. The molecule has 104 valence electrons. The molecule has 3 rings (SSSR count). The van der Waals surface area contributed by atoms with Crippen molar-refractivity contribution in [3.63, 3.8) is 0 Å². The maximum atomic E-state index is 12.2. The second-order valence-corrected chi connectivity index (χ2v) is 5.01. The van der Waals surface area contributed by atoms with Gasteiger partial charge in [-0.25, -0.2) is 4.98 Å². The van der Waals surface area contributed by atoms with E-state index in [1.165, 1.54) is 17.5 Å². The van der Waals surface area contributed by atoms with E-state index >= 15 is 0 Å². The van der Waals surface area contributed by atoms with E-state index in [0.717, 1.165) is 0 Å².